The van der Waals surface area contributed by atoms with Crippen molar-refractivity contribution >= 4 is 23.6 Å². The van der Waals surface area contributed by atoms with E-state index in [0.29, 0.717) is 13.0 Å². The van der Waals surface area contributed by atoms with Crippen molar-refractivity contribution in [2.24, 2.45) is 11.8 Å². The van der Waals surface area contributed by atoms with E-state index in [4.69, 9.17) is 5.11 Å². The summed E-state index contributed by atoms with van der Waals surface area (Å²) >= 11 is 1.70. The van der Waals surface area contributed by atoms with Gasteiger partial charge >= 0.3 is 5.97 Å². The number of aliphatic carboxylic acids is 1. The van der Waals surface area contributed by atoms with E-state index >= 15 is 0 Å². The topological polar surface area (TPSA) is 66.4 Å². The molecule has 1 saturated carbocycles. The Bertz CT molecular complexity index is 472. The van der Waals surface area contributed by atoms with Gasteiger partial charge < -0.3 is 10.4 Å². The first-order chi connectivity index (χ1) is 9.11. The molecule has 2 atom stereocenters. The summed E-state index contributed by atoms with van der Waals surface area (Å²) in [5.41, 5.74) is 1.17. The molecule has 2 unspecified atom stereocenters. The Labute approximate surface area is 116 Å². The Kier molecular flexibility index (Phi) is 4.47. The average Bonchev–Trinajstić information content (AvgIpc) is 3.20. The molecular weight excluding hydrogens is 262 g/mol. The van der Waals surface area contributed by atoms with Gasteiger partial charge in [0.25, 0.3) is 0 Å². The lowest BCUT2D eigenvalue weighted by Crippen LogP contribution is -2.28. The van der Waals surface area contributed by atoms with E-state index in [-0.39, 0.29) is 11.8 Å². The lowest BCUT2D eigenvalue weighted by atomic mass is 10.1. The van der Waals surface area contributed by atoms with Crippen LogP contribution in [-0.2, 0) is 16.0 Å². The largest absolute Gasteiger partial charge is 0.481 e. The minimum absolute atomic E-state index is 0.131. The minimum atomic E-state index is -0.868. The maximum absolute atomic E-state index is 11.6. The molecule has 5 heteroatoms. The van der Waals surface area contributed by atoms with Crippen LogP contribution in [0.15, 0.2) is 29.2 Å². The average molecular weight is 279 g/mol. The van der Waals surface area contributed by atoms with Gasteiger partial charge in [-0.3, -0.25) is 9.59 Å². The van der Waals surface area contributed by atoms with Crippen LogP contribution in [0.5, 0.6) is 0 Å². The van der Waals surface area contributed by atoms with E-state index in [0.717, 1.165) is 6.42 Å². The van der Waals surface area contributed by atoms with Crippen LogP contribution in [0.25, 0.3) is 0 Å². The third-order valence-electron chi connectivity index (χ3n) is 3.32. The molecule has 2 N–H and O–H groups in total. The number of carbonyl (C=O) groups excluding carboxylic acids is 1. The minimum Gasteiger partial charge on any atom is -0.481 e. The van der Waals surface area contributed by atoms with E-state index in [1.807, 2.05) is 6.26 Å². The van der Waals surface area contributed by atoms with Gasteiger partial charge in [-0.25, -0.2) is 0 Å². The third-order valence-corrected chi connectivity index (χ3v) is 4.06. The van der Waals surface area contributed by atoms with Crippen LogP contribution >= 0.6 is 11.8 Å². The fourth-order valence-corrected chi connectivity index (χ4v) is 2.42. The Morgan fingerprint density at radius 3 is 2.53 bits per heavy atom. The van der Waals surface area contributed by atoms with Crippen LogP contribution in [0, 0.1) is 11.8 Å². The summed E-state index contributed by atoms with van der Waals surface area (Å²) in [7, 11) is 0. The van der Waals surface area contributed by atoms with Crippen molar-refractivity contribution in [3.63, 3.8) is 0 Å². The normalized spacial score (nSPS) is 20.9. The maximum atomic E-state index is 11.6. The molecule has 2 rings (SSSR count). The van der Waals surface area contributed by atoms with Crippen LogP contribution in [0.3, 0.4) is 0 Å². The molecule has 102 valence electrons. The molecule has 1 aromatic rings. The van der Waals surface area contributed by atoms with E-state index in [2.05, 4.69) is 29.6 Å². The highest BCUT2D eigenvalue weighted by atomic mass is 32.2. The molecule has 1 aliphatic rings. The van der Waals surface area contributed by atoms with Crippen molar-refractivity contribution in [3.05, 3.63) is 29.8 Å². The first kappa shape index (κ1) is 13.9. The number of carbonyl (C=O) groups is 2. The second-order valence-electron chi connectivity index (χ2n) is 4.68. The lowest BCUT2D eigenvalue weighted by Gasteiger charge is -2.05. The Morgan fingerprint density at radius 1 is 1.32 bits per heavy atom. The summed E-state index contributed by atoms with van der Waals surface area (Å²) in [6, 6.07) is 8.22. The Hall–Kier alpha value is -1.49. The van der Waals surface area contributed by atoms with Gasteiger partial charge in [-0.1, -0.05) is 12.1 Å². The molecule has 0 aromatic heterocycles. The predicted octanol–water partition coefficient (Wildman–Crippen LogP) is 1.79. The van der Waals surface area contributed by atoms with Crippen molar-refractivity contribution in [3.8, 4) is 0 Å². The molecule has 4 nitrogen and oxygen atoms in total. The summed E-state index contributed by atoms with van der Waals surface area (Å²) in [5.74, 6) is -1.79. The highest BCUT2D eigenvalue weighted by Gasteiger charge is 2.48. The lowest BCUT2D eigenvalue weighted by molar-refractivity contribution is -0.140. The van der Waals surface area contributed by atoms with E-state index in [1.54, 1.807) is 11.8 Å². The van der Waals surface area contributed by atoms with E-state index < -0.39 is 11.9 Å². The number of amides is 1. The fourth-order valence-electron chi connectivity index (χ4n) is 2.01. The first-order valence-corrected chi connectivity index (χ1v) is 7.47. The second-order valence-corrected chi connectivity index (χ2v) is 5.56. The van der Waals surface area contributed by atoms with Crippen LogP contribution < -0.4 is 5.32 Å². The van der Waals surface area contributed by atoms with Gasteiger partial charge in [-0.05, 0) is 36.8 Å². The molecule has 0 aliphatic heterocycles. The van der Waals surface area contributed by atoms with Crippen molar-refractivity contribution in [2.45, 2.75) is 17.7 Å². The summed E-state index contributed by atoms with van der Waals surface area (Å²) in [5, 5.41) is 11.5. The highest BCUT2D eigenvalue weighted by molar-refractivity contribution is 7.98. The maximum Gasteiger partial charge on any atom is 0.307 e. The summed E-state index contributed by atoms with van der Waals surface area (Å²) in [6.45, 7) is 0.556. The number of benzene rings is 1. The van der Waals surface area contributed by atoms with Crippen molar-refractivity contribution in [1.82, 2.24) is 5.32 Å². The molecule has 1 aliphatic carbocycles. The number of carboxylic acid groups (broad SMARTS) is 1. The van der Waals surface area contributed by atoms with Gasteiger partial charge in [0.2, 0.25) is 5.91 Å². The molecule has 19 heavy (non-hydrogen) atoms. The van der Waals surface area contributed by atoms with Gasteiger partial charge in [0.15, 0.2) is 0 Å². The molecule has 0 radical (unpaired) electrons. The van der Waals surface area contributed by atoms with Crippen LogP contribution in [0.4, 0.5) is 0 Å². The third kappa shape index (κ3) is 3.73. The number of hydrogen-bond acceptors (Lipinski definition) is 3. The fraction of sp³-hybridized carbons (Fsp3) is 0.429. The van der Waals surface area contributed by atoms with Crippen LogP contribution in [0.1, 0.15) is 12.0 Å². The summed E-state index contributed by atoms with van der Waals surface area (Å²) in [4.78, 5) is 23.5. The monoisotopic (exact) mass is 279 g/mol. The molecule has 0 heterocycles. The van der Waals surface area contributed by atoms with Crippen LogP contribution in [-0.4, -0.2) is 29.8 Å². The summed E-state index contributed by atoms with van der Waals surface area (Å²) in [6.07, 6.45) is 3.28. The Morgan fingerprint density at radius 2 is 2.00 bits per heavy atom. The van der Waals surface area contributed by atoms with Gasteiger partial charge in [0.1, 0.15) is 0 Å². The zero-order valence-corrected chi connectivity index (χ0v) is 11.6. The van der Waals surface area contributed by atoms with Crippen molar-refractivity contribution in [1.29, 1.82) is 0 Å². The van der Waals surface area contributed by atoms with Gasteiger partial charge in [-0.2, -0.15) is 0 Å². The van der Waals surface area contributed by atoms with Crippen molar-refractivity contribution < 1.29 is 14.7 Å². The van der Waals surface area contributed by atoms with Gasteiger partial charge in [0.05, 0.1) is 11.8 Å². The van der Waals surface area contributed by atoms with Crippen molar-refractivity contribution in [2.75, 3.05) is 12.8 Å². The molecule has 0 spiro atoms. The number of carboxylic acids is 1. The molecule has 1 fully saturated rings. The number of hydrogen-bond donors (Lipinski definition) is 2. The highest BCUT2D eigenvalue weighted by Crippen LogP contribution is 2.38. The second kappa shape index (κ2) is 6.10. The molecule has 1 amide bonds. The summed E-state index contributed by atoms with van der Waals surface area (Å²) < 4.78 is 0. The quantitative estimate of drug-likeness (QED) is 0.779. The van der Waals surface area contributed by atoms with Gasteiger partial charge in [-0.15, -0.1) is 11.8 Å². The zero-order valence-electron chi connectivity index (χ0n) is 10.8. The molecule has 1 aromatic carbocycles. The standard InChI is InChI=1S/C14H17NO3S/c1-19-10-4-2-9(3-5-10)6-7-15-13(16)11-8-12(11)14(17)18/h2-5,11-12H,6-8H2,1H3,(H,15,16)(H,17,18). The smallest absolute Gasteiger partial charge is 0.307 e. The number of rotatable bonds is 6. The molecular formula is C14H17NO3S. The SMILES string of the molecule is CSc1ccc(CCNC(=O)C2CC2C(=O)O)cc1. The molecule has 0 saturated heterocycles. The number of nitrogens with one attached hydrogen (secondary N) is 1. The van der Waals surface area contributed by atoms with E-state index in [9.17, 15) is 9.59 Å². The number of thioether (sulfide) groups is 1. The zero-order chi connectivity index (χ0) is 13.8. The van der Waals surface area contributed by atoms with Crippen LogP contribution in [0.2, 0.25) is 0 Å². The van der Waals surface area contributed by atoms with E-state index in [1.165, 1.54) is 10.5 Å². The Balaban J connectivity index is 1.71. The predicted molar refractivity (Wildman–Crippen MR) is 74.2 cm³/mol. The molecule has 0 bridgehead atoms. The van der Waals surface area contributed by atoms with Gasteiger partial charge in [0, 0.05) is 11.4 Å². The first-order valence-electron chi connectivity index (χ1n) is 6.25.